The van der Waals surface area contributed by atoms with Crippen LogP contribution in [-0.4, -0.2) is 29.4 Å². The van der Waals surface area contributed by atoms with E-state index < -0.39 is 0 Å². The summed E-state index contributed by atoms with van der Waals surface area (Å²) in [4.78, 5) is 10.7. The number of esters is 1. The van der Waals surface area contributed by atoms with Crippen molar-refractivity contribution in [1.82, 2.24) is 0 Å². The molecule has 0 rings (SSSR count). The fourth-order valence-electron chi connectivity index (χ4n) is 0.527. The minimum atomic E-state index is -0.186. The van der Waals surface area contributed by atoms with Crippen LogP contribution in [0.5, 0.6) is 0 Å². The molecule has 0 saturated carbocycles. The first kappa shape index (κ1) is 11.3. The van der Waals surface area contributed by atoms with Gasteiger partial charge in [0.1, 0.15) is 4.83 Å². The van der Waals surface area contributed by atoms with Crippen molar-refractivity contribution in [3.63, 3.8) is 0 Å². The number of carbonyl (C=O) groups is 1. The second-order valence-corrected chi connectivity index (χ2v) is 4.32. The number of rotatable bonds is 5. The van der Waals surface area contributed by atoms with Crippen molar-refractivity contribution in [1.29, 1.82) is 0 Å². The van der Waals surface area contributed by atoms with Gasteiger partial charge < -0.3 is 4.74 Å². The van der Waals surface area contributed by atoms with Crippen molar-refractivity contribution in [2.45, 2.75) is 18.2 Å². The van der Waals surface area contributed by atoms with E-state index in [2.05, 4.69) is 27.6 Å². The van der Waals surface area contributed by atoms with E-state index in [-0.39, 0.29) is 10.8 Å². The van der Waals surface area contributed by atoms with Crippen LogP contribution in [0.15, 0.2) is 0 Å². The maximum absolute atomic E-state index is 10.8. The molecule has 4 heteroatoms. The van der Waals surface area contributed by atoms with Crippen LogP contribution in [0.1, 0.15) is 13.3 Å². The molecule has 0 aromatic heterocycles. The van der Waals surface area contributed by atoms with Gasteiger partial charge in [-0.2, -0.15) is 11.8 Å². The van der Waals surface area contributed by atoms with E-state index in [4.69, 9.17) is 0 Å². The standard InChI is InChI=1S/C7H13BrO2S/c1-3-4-11-5-6(8)7(9)10-2/h6H,3-5H2,1-2H3. The number of thioether (sulfide) groups is 1. The molecule has 0 spiro atoms. The lowest BCUT2D eigenvalue weighted by Gasteiger charge is -2.05. The van der Waals surface area contributed by atoms with E-state index >= 15 is 0 Å². The molecule has 0 bridgehead atoms. The zero-order chi connectivity index (χ0) is 8.69. The number of hydrogen-bond donors (Lipinski definition) is 0. The van der Waals surface area contributed by atoms with Gasteiger partial charge in [-0.25, -0.2) is 0 Å². The molecule has 11 heavy (non-hydrogen) atoms. The summed E-state index contributed by atoms with van der Waals surface area (Å²) >= 11 is 5.00. The van der Waals surface area contributed by atoms with Crippen LogP contribution in [0.25, 0.3) is 0 Å². The SMILES string of the molecule is CCCSCC(Br)C(=O)OC. The zero-order valence-electron chi connectivity index (χ0n) is 6.80. The van der Waals surface area contributed by atoms with Crippen molar-refractivity contribution in [2.75, 3.05) is 18.6 Å². The third-order valence-electron chi connectivity index (χ3n) is 1.07. The fraction of sp³-hybridized carbons (Fsp3) is 0.857. The molecular formula is C7H13BrO2S. The Kier molecular flexibility index (Phi) is 7.17. The van der Waals surface area contributed by atoms with Crippen LogP contribution >= 0.6 is 27.7 Å². The summed E-state index contributed by atoms with van der Waals surface area (Å²) in [6.07, 6.45) is 1.14. The highest BCUT2D eigenvalue weighted by Crippen LogP contribution is 2.11. The molecule has 0 N–H and O–H groups in total. The molecule has 0 heterocycles. The van der Waals surface area contributed by atoms with E-state index in [1.165, 1.54) is 7.11 Å². The quantitative estimate of drug-likeness (QED) is 0.418. The summed E-state index contributed by atoms with van der Waals surface area (Å²) in [7, 11) is 1.40. The summed E-state index contributed by atoms with van der Waals surface area (Å²) in [5, 5.41) is 0. The predicted molar refractivity (Wildman–Crippen MR) is 52.3 cm³/mol. The monoisotopic (exact) mass is 240 g/mol. The molecule has 0 saturated heterocycles. The number of carbonyl (C=O) groups excluding carboxylic acids is 1. The molecule has 0 radical (unpaired) electrons. The second kappa shape index (κ2) is 6.98. The summed E-state index contributed by atoms with van der Waals surface area (Å²) in [6, 6.07) is 0. The average Bonchev–Trinajstić information content (AvgIpc) is 2.03. The van der Waals surface area contributed by atoms with Crippen molar-refractivity contribution in [3.8, 4) is 0 Å². The largest absolute Gasteiger partial charge is 0.468 e. The Hall–Kier alpha value is 0.300. The lowest BCUT2D eigenvalue weighted by atomic mass is 10.5. The third-order valence-corrected chi connectivity index (χ3v) is 3.46. The second-order valence-electron chi connectivity index (χ2n) is 2.07. The number of alkyl halides is 1. The molecule has 0 aliphatic carbocycles. The van der Waals surface area contributed by atoms with Gasteiger partial charge in [-0.15, -0.1) is 0 Å². The average molecular weight is 241 g/mol. The van der Waals surface area contributed by atoms with Gasteiger partial charge in [0.15, 0.2) is 0 Å². The van der Waals surface area contributed by atoms with Gasteiger partial charge in [-0.05, 0) is 12.2 Å². The molecule has 0 aliphatic heterocycles. The third kappa shape index (κ3) is 5.56. The van der Waals surface area contributed by atoms with E-state index in [0.29, 0.717) is 0 Å². The Morgan fingerprint density at radius 2 is 2.36 bits per heavy atom. The molecule has 1 atom stereocenters. The van der Waals surface area contributed by atoms with E-state index in [9.17, 15) is 4.79 Å². The molecule has 0 aromatic carbocycles. The van der Waals surface area contributed by atoms with Crippen molar-refractivity contribution < 1.29 is 9.53 Å². The highest BCUT2D eigenvalue weighted by Gasteiger charge is 2.13. The molecule has 2 nitrogen and oxygen atoms in total. The molecule has 1 unspecified atom stereocenters. The summed E-state index contributed by atoms with van der Waals surface area (Å²) < 4.78 is 4.54. The van der Waals surface area contributed by atoms with Crippen molar-refractivity contribution in [2.24, 2.45) is 0 Å². The van der Waals surface area contributed by atoms with Gasteiger partial charge in [0.2, 0.25) is 0 Å². The maximum Gasteiger partial charge on any atom is 0.320 e. The molecule has 0 fully saturated rings. The Morgan fingerprint density at radius 1 is 1.73 bits per heavy atom. The van der Waals surface area contributed by atoms with Gasteiger partial charge in [0, 0.05) is 5.75 Å². The van der Waals surface area contributed by atoms with E-state index in [1.54, 1.807) is 11.8 Å². The summed E-state index contributed by atoms with van der Waals surface area (Å²) in [5.41, 5.74) is 0. The van der Waals surface area contributed by atoms with Gasteiger partial charge in [-0.3, -0.25) is 4.79 Å². The smallest absolute Gasteiger partial charge is 0.320 e. The maximum atomic E-state index is 10.8. The molecule has 0 aliphatic rings. The highest BCUT2D eigenvalue weighted by molar-refractivity contribution is 9.10. The molecule has 0 amide bonds. The van der Waals surface area contributed by atoms with Gasteiger partial charge in [0.25, 0.3) is 0 Å². The Balaban J connectivity index is 3.36. The van der Waals surface area contributed by atoms with Crippen LogP contribution in [0.3, 0.4) is 0 Å². The van der Waals surface area contributed by atoms with Crippen LogP contribution in [0.2, 0.25) is 0 Å². The summed E-state index contributed by atoms with van der Waals surface area (Å²) in [5.74, 6) is 1.70. The number of methoxy groups -OCH3 is 1. The Labute approximate surface area is 80.2 Å². The minimum Gasteiger partial charge on any atom is -0.468 e. The van der Waals surface area contributed by atoms with Crippen LogP contribution in [0, 0.1) is 0 Å². The van der Waals surface area contributed by atoms with Gasteiger partial charge >= 0.3 is 5.97 Å². The molecule has 0 aromatic rings. The minimum absolute atomic E-state index is 0.149. The number of hydrogen-bond acceptors (Lipinski definition) is 3. The Bertz CT molecular complexity index is 119. The van der Waals surface area contributed by atoms with Crippen LogP contribution in [-0.2, 0) is 9.53 Å². The van der Waals surface area contributed by atoms with E-state index in [0.717, 1.165) is 17.9 Å². The fourth-order valence-corrected chi connectivity index (χ4v) is 2.07. The van der Waals surface area contributed by atoms with Gasteiger partial charge in [-0.1, -0.05) is 22.9 Å². The predicted octanol–water partition coefficient (Wildman–Crippen LogP) is 2.07. The van der Waals surface area contributed by atoms with E-state index in [1.807, 2.05) is 0 Å². The number of halogens is 1. The lowest BCUT2D eigenvalue weighted by molar-refractivity contribution is -0.139. The highest BCUT2D eigenvalue weighted by atomic mass is 79.9. The first-order valence-electron chi connectivity index (χ1n) is 3.52. The summed E-state index contributed by atoms with van der Waals surface area (Å²) in [6.45, 7) is 2.12. The van der Waals surface area contributed by atoms with Crippen LogP contribution < -0.4 is 0 Å². The normalized spacial score (nSPS) is 12.6. The van der Waals surface area contributed by atoms with Crippen LogP contribution in [0.4, 0.5) is 0 Å². The van der Waals surface area contributed by atoms with Crippen molar-refractivity contribution in [3.05, 3.63) is 0 Å². The van der Waals surface area contributed by atoms with Crippen molar-refractivity contribution >= 4 is 33.7 Å². The lowest BCUT2D eigenvalue weighted by Crippen LogP contribution is -2.17. The zero-order valence-corrected chi connectivity index (χ0v) is 9.20. The topological polar surface area (TPSA) is 26.3 Å². The Morgan fingerprint density at radius 3 is 2.82 bits per heavy atom. The van der Waals surface area contributed by atoms with Gasteiger partial charge in [0.05, 0.1) is 7.11 Å². The number of ether oxygens (including phenoxy) is 1. The molecular weight excluding hydrogens is 228 g/mol. The first-order valence-corrected chi connectivity index (χ1v) is 5.59. The molecule has 66 valence electrons. The first-order chi connectivity index (χ1) is 5.22.